The summed E-state index contributed by atoms with van der Waals surface area (Å²) in [6.45, 7) is 5.87. The van der Waals surface area contributed by atoms with Crippen LogP contribution in [0.25, 0.3) is 0 Å². The molecule has 0 fully saturated rings. The van der Waals surface area contributed by atoms with E-state index >= 15 is 0 Å². The fraction of sp³-hybridized carbons (Fsp3) is 0.571. The van der Waals surface area contributed by atoms with Crippen molar-refractivity contribution in [2.24, 2.45) is 11.1 Å². The molecule has 0 aromatic heterocycles. The van der Waals surface area contributed by atoms with Gasteiger partial charge in [0.1, 0.15) is 0 Å². The van der Waals surface area contributed by atoms with Gasteiger partial charge in [0.25, 0.3) is 0 Å². The van der Waals surface area contributed by atoms with Crippen LogP contribution in [0.4, 0.5) is 13.2 Å². The van der Waals surface area contributed by atoms with E-state index in [0.29, 0.717) is 12.0 Å². The Kier molecular flexibility index (Phi) is 6.52. The highest BCUT2D eigenvalue weighted by atomic mass is 35.5. The van der Waals surface area contributed by atoms with Gasteiger partial charge in [-0.3, -0.25) is 0 Å². The molecule has 0 saturated heterocycles. The van der Waals surface area contributed by atoms with Crippen molar-refractivity contribution in [3.05, 3.63) is 35.4 Å². The van der Waals surface area contributed by atoms with Crippen LogP contribution in [0.1, 0.15) is 44.4 Å². The zero-order chi connectivity index (χ0) is 14.8. The van der Waals surface area contributed by atoms with E-state index in [9.17, 15) is 18.3 Å². The van der Waals surface area contributed by atoms with E-state index in [1.807, 2.05) is 20.8 Å². The SMILES string of the molecule is CC(C)(C)[C@@H](N)C[C@@H](O)c1ccc(C(F)(F)F)cc1.Cl. The van der Waals surface area contributed by atoms with Crippen molar-refractivity contribution in [3.63, 3.8) is 0 Å². The molecule has 0 saturated carbocycles. The molecule has 6 heteroatoms. The molecule has 2 atom stereocenters. The summed E-state index contributed by atoms with van der Waals surface area (Å²) in [5, 5.41) is 9.99. The molecule has 0 aliphatic heterocycles. The van der Waals surface area contributed by atoms with Crippen LogP contribution < -0.4 is 5.73 Å². The van der Waals surface area contributed by atoms with Gasteiger partial charge in [0.05, 0.1) is 11.7 Å². The molecule has 0 aliphatic carbocycles. The fourth-order valence-corrected chi connectivity index (χ4v) is 1.62. The Hall–Kier alpha value is -0.780. The van der Waals surface area contributed by atoms with Crippen LogP contribution in [0.5, 0.6) is 0 Å². The number of alkyl halides is 3. The van der Waals surface area contributed by atoms with Crippen molar-refractivity contribution in [1.29, 1.82) is 0 Å². The Labute approximate surface area is 123 Å². The van der Waals surface area contributed by atoms with E-state index in [0.717, 1.165) is 12.1 Å². The van der Waals surface area contributed by atoms with Gasteiger partial charge < -0.3 is 10.8 Å². The summed E-state index contributed by atoms with van der Waals surface area (Å²) in [6.07, 6.45) is -4.89. The third kappa shape index (κ3) is 5.31. The van der Waals surface area contributed by atoms with Crippen LogP contribution in [-0.4, -0.2) is 11.1 Å². The van der Waals surface area contributed by atoms with Crippen LogP contribution >= 0.6 is 12.4 Å². The highest BCUT2D eigenvalue weighted by Gasteiger charge is 2.30. The van der Waals surface area contributed by atoms with Gasteiger partial charge in [-0.1, -0.05) is 32.9 Å². The average molecular weight is 312 g/mol. The summed E-state index contributed by atoms with van der Waals surface area (Å²) in [5.41, 5.74) is 5.52. The molecule has 2 nitrogen and oxygen atoms in total. The maximum absolute atomic E-state index is 12.4. The number of hydrogen-bond donors (Lipinski definition) is 2. The molecule has 116 valence electrons. The molecule has 0 spiro atoms. The van der Waals surface area contributed by atoms with E-state index in [-0.39, 0.29) is 23.9 Å². The minimum atomic E-state index is -4.36. The zero-order valence-corrected chi connectivity index (χ0v) is 12.6. The molecule has 0 heterocycles. The smallest absolute Gasteiger partial charge is 0.388 e. The molecule has 0 radical (unpaired) electrons. The molecule has 0 bridgehead atoms. The summed E-state index contributed by atoms with van der Waals surface area (Å²) in [7, 11) is 0. The lowest BCUT2D eigenvalue weighted by molar-refractivity contribution is -0.137. The Morgan fingerprint density at radius 3 is 1.90 bits per heavy atom. The number of nitrogens with two attached hydrogens (primary N) is 1. The van der Waals surface area contributed by atoms with E-state index in [1.54, 1.807) is 0 Å². The molecule has 20 heavy (non-hydrogen) atoms. The van der Waals surface area contributed by atoms with E-state index in [1.165, 1.54) is 12.1 Å². The summed E-state index contributed by atoms with van der Waals surface area (Å²) in [6, 6.07) is 4.30. The first-order chi connectivity index (χ1) is 8.51. The van der Waals surface area contributed by atoms with Gasteiger partial charge in [-0.25, -0.2) is 0 Å². The van der Waals surface area contributed by atoms with Gasteiger partial charge in [-0.15, -0.1) is 12.4 Å². The van der Waals surface area contributed by atoms with Crippen molar-refractivity contribution in [2.45, 2.75) is 45.5 Å². The van der Waals surface area contributed by atoms with E-state index in [4.69, 9.17) is 5.73 Å². The molecule has 1 aromatic carbocycles. The number of aliphatic hydroxyl groups excluding tert-OH is 1. The third-order valence-electron chi connectivity index (χ3n) is 3.21. The second-order valence-corrected chi connectivity index (χ2v) is 5.84. The predicted molar refractivity (Wildman–Crippen MR) is 75.7 cm³/mol. The molecule has 3 N–H and O–H groups in total. The normalized spacial score (nSPS) is 15.4. The van der Waals surface area contributed by atoms with Crippen molar-refractivity contribution in [3.8, 4) is 0 Å². The first-order valence-electron chi connectivity index (χ1n) is 6.12. The standard InChI is InChI=1S/C14H20F3NO.ClH/c1-13(2,3)12(18)8-11(19)9-4-6-10(7-5-9)14(15,16)17;/h4-7,11-12,19H,8,18H2,1-3H3;1H/t11-,12+;/m1./s1. The minimum absolute atomic E-state index is 0. The van der Waals surface area contributed by atoms with Gasteiger partial charge in [0, 0.05) is 6.04 Å². The van der Waals surface area contributed by atoms with Crippen LogP contribution in [0.2, 0.25) is 0 Å². The maximum Gasteiger partial charge on any atom is 0.416 e. The lowest BCUT2D eigenvalue weighted by Crippen LogP contribution is -2.36. The predicted octanol–water partition coefficient (Wildman–Crippen LogP) is 3.92. The van der Waals surface area contributed by atoms with Gasteiger partial charge in [-0.05, 0) is 29.5 Å². The monoisotopic (exact) mass is 311 g/mol. The van der Waals surface area contributed by atoms with Gasteiger partial charge in [0.2, 0.25) is 0 Å². The van der Waals surface area contributed by atoms with Gasteiger partial charge in [-0.2, -0.15) is 13.2 Å². The van der Waals surface area contributed by atoms with Crippen LogP contribution in [0.3, 0.4) is 0 Å². The highest BCUT2D eigenvalue weighted by molar-refractivity contribution is 5.85. The topological polar surface area (TPSA) is 46.2 Å². The van der Waals surface area contributed by atoms with Crippen molar-refractivity contribution in [2.75, 3.05) is 0 Å². The fourth-order valence-electron chi connectivity index (χ4n) is 1.62. The summed E-state index contributed by atoms with van der Waals surface area (Å²) >= 11 is 0. The Bertz CT molecular complexity index is 412. The second-order valence-electron chi connectivity index (χ2n) is 5.84. The van der Waals surface area contributed by atoms with Crippen molar-refractivity contribution in [1.82, 2.24) is 0 Å². The number of aliphatic hydroxyl groups is 1. The molecular formula is C14H21ClF3NO. The molecule has 1 rings (SSSR count). The van der Waals surface area contributed by atoms with Crippen molar-refractivity contribution < 1.29 is 18.3 Å². The maximum atomic E-state index is 12.4. The number of halogens is 4. The first kappa shape index (κ1) is 19.2. The summed E-state index contributed by atoms with van der Waals surface area (Å²) in [5.74, 6) is 0. The second kappa shape index (κ2) is 6.78. The number of rotatable bonds is 3. The van der Waals surface area contributed by atoms with Gasteiger partial charge in [0.15, 0.2) is 0 Å². The molecule has 0 unspecified atom stereocenters. The third-order valence-corrected chi connectivity index (χ3v) is 3.21. The van der Waals surface area contributed by atoms with Crippen LogP contribution in [0, 0.1) is 5.41 Å². The minimum Gasteiger partial charge on any atom is -0.388 e. The average Bonchev–Trinajstić information content (AvgIpc) is 2.26. The Balaban J connectivity index is 0.00000361. The molecule has 0 aliphatic rings. The van der Waals surface area contributed by atoms with Crippen molar-refractivity contribution >= 4 is 12.4 Å². The molecule has 0 amide bonds. The lowest BCUT2D eigenvalue weighted by Gasteiger charge is -2.29. The van der Waals surface area contributed by atoms with Crippen LogP contribution in [-0.2, 0) is 6.18 Å². The quantitative estimate of drug-likeness (QED) is 0.888. The Morgan fingerprint density at radius 2 is 1.55 bits per heavy atom. The largest absolute Gasteiger partial charge is 0.416 e. The Morgan fingerprint density at radius 1 is 1.10 bits per heavy atom. The summed E-state index contributed by atoms with van der Waals surface area (Å²) in [4.78, 5) is 0. The van der Waals surface area contributed by atoms with E-state index in [2.05, 4.69) is 0 Å². The lowest BCUT2D eigenvalue weighted by atomic mass is 9.83. The van der Waals surface area contributed by atoms with Crippen LogP contribution in [0.15, 0.2) is 24.3 Å². The molecule has 1 aromatic rings. The zero-order valence-electron chi connectivity index (χ0n) is 11.7. The first-order valence-corrected chi connectivity index (χ1v) is 6.12. The summed E-state index contributed by atoms with van der Waals surface area (Å²) < 4.78 is 37.2. The number of hydrogen-bond acceptors (Lipinski definition) is 2. The molecular weight excluding hydrogens is 291 g/mol. The number of benzene rings is 1. The van der Waals surface area contributed by atoms with E-state index < -0.39 is 17.8 Å². The highest BCUT2D eigenvalue weighted by Crippen LogP contribution is 2.31. The van der Waals surface area contributed by atoms with Gasteiger partial charge >= 0.3 is 6.18 Å².